The van der Waals surface area contributed by atoms with Gasteiger partial charge < -0.3 is 28.4 Å². The van der Waals surface area contributed by atoms with E-state index in [1.54, 1.807) is 110 Å². The van der Waals surface area contributed by atoms with E-state index in [2.05, 4.69) is 80.7 Å². The summed E-state index contributed by atoms with van der Waals surface area (Å²) in [6, 6.07) is 56.2. The third-order valence-electron chi connectivity index (χ3n) is 23.8. The first kappa shape index (κ1) is 98.4. The Labute approximate surface area is 735 Å². The van der Waals surface area contributed by atoms with Crippen LogP contribution in [0.2, 0.25) is 0 Å². The van der Waals surface area contributed by atoms with Crippen LogP contribution in [0.4, 0.5) is 39.5 Å². The maximum absolute atomic E-state index is 13.4. The SMILES string of the molecule is CCOCCOC(=O)CC1CN(Cc2ccc(-c3ccc(C(C)(C)C(F)(F)F)cc3)cc2)CCN1Cc1ccncc1.CCOCCOC(=O)C[C@@H]1CN(Cc2ccc(-c3ccc(C(C)(C)C(F)(F)F)cc3)cc2)CCN1Cc1ccncc1.CCOCCOC(=O)C[C@H]1CN(Cc2ccc(-c3ccc(C(C)(C)C(F)(F)F)cc3)cc2)CCN1Cc1ccncc1. The van der Waals surface area contributed by atoms with Gasteiger partial charge in [0.15, 0.2) is 0 Å². The van der Waals surface area contributed by atoms with Crippen molar-refractivity contribution in [2.75, 3.05) is 118 Å². The largest absolute Gasteiger partial charge is 0.463 e. The molecule has 126 heavy (non-hydrogen) atoms. The smallest absolute Gasteiger partial charge is 0.397 e. The van der Waals surface area contributed by atoms with E-state index >= 15 is 0 Å². The highest BCUT2D eigenvalue weighted by Crippen LogP contribution is 2.44. The second kappa shape index (κ2) is 46.8. The Morgan fingerprint density at radius 1 is 0.294 bits per heavy atom. The topological polar surface area (TPSA) is 165 Å². The summed E-state index contributed by atoms with van der Waals surface area (Å²) in [7, 11) is 0. The number of carbonyl (C=O) groups excluding carboxylic acids is 3. The quantitative estimate of drug-likeness (QED) is 0.0157. The van der Waals surface area contributed by atoms with Crippen molar-refractivity contribution in [3.05, 3.63) is 269 Å². The summed E-state index contributed by atoms with van der Waals surface area (Å²) in [5, 5.41) is 0. The Balaban J connectivity index is 0.000000197. The van der Waals surface area contributed by atoms with Gasteiger partial charge in [-0.1, -0.05) is 146 Å². The minimum atomic E-state index is -4.32. The van der Waals surface area contributed by atoms with E-state index in [0.717, 1.165) is 165 Å². The number of esters is 3. The molecular formula is C99H120F9N9O9. The molecule has 3 aromatic heterocycles. The third-order valence-corrected chi connectivity index (χ3v) is 23.8. The van der Waals surface area contributed by atoms with E-state index in [-0.39, 0.29) is 72.5 Å². The molecule has 3 aliphatic rings. The highest BCUT2D eigenvalue weighted by molar-refractivity contribution is 5.72. The van der Waals surface area contributed by atoms with Crippen LogP contribution in [-0.4, -0.2) is 217 Å². The number of carbonyl (C=O) groups is 3. The van der Waals surface area contributed by atoms with E-state index in [4.69, 9.17) is 28.4 Å². The number of ether oxygens (including phenoxy) is 6. The van der Waals surface area contributed by atoms with Gasteiger partial charge >= 0.3 is 36.4 Å². The van der Waals surface area contributed by atoms with Gasteiger partial charge in [-0.05, 0) is 182 Å². The summed E-state index contributed by atoms with van der Waals surface area (Å²) in [4.78, 5) is 64.3. The highest BCUT2D eigenvalue weighted by atomic mass is 19.4. The molecule has 678 valence electrons. The van der Waals surface area contributed by atoms with Gasteiger partial charge in [0, 0.05) is 173 Å². The number of hydrogen-bond donors (Lipinski definition) is 0. The fraction of sp³-hybridized carbons (Fsp3) is 0.455. The predicted molar refractivity (Wildman–Crippen MR) is 470 cm³/mol. The Morgan fingerprint density at radius 2 is 0.500 bits per heavy atom. The number of nitrogens with zero attached hydrogens (tertiary/aromatic N) is 9. The molecule has 3 fully saturated rings. The monoisotopic (exact) mass is 1750 g/mol. The Morgan fingerprint density at radius 3 is 0.706 bits per heavy atom. The minimum absolute atomic E-state index is 0.00486. The van der Waals surface area contributed by atoms with Crippen LogP contribution in [-0.2, 0) is 98.3 Å². The van der Waals surface area contributed by atoms with Crippen molar-refractivity contribution in [2.45, 2.75) is 174 Å². The van der Waals surface area contributed by atoms with E-state index in [0.29, 0.717) is 58.9 Å². The zero-order valence-electron chi connectivity index (χ0n) is 73.7. The molecule has 12 rings (SSSR count). The number of rotatable bonds is 36. The number of pyridine rings is 3. The number of aromatic nitrogens is 3. The first-order valence-corrected chi connectivity index (χ1v) is 43.3. The molecule has 0 N–H and O–H groups in total. The average molecular weight is 1750 g/mol. The molecule has 18 nitrogen and oxygen atoms in total. The minimum Gasteiger partial charge on any atom is -0.463 e. The summed E-state index contributed by atoms with van der Waals surface area (Å²) < 4.78 is 153. The van der Waals surface area contributed by atoms with Crippen molar-refractivity contribution >= 4 is 17.9 Å². The zero-order chi connectivity index (χ0) is 90.5. The first-order chi connectivity index (χ1) is 60.2. The lowest BCUT2D eigenvalue weighted by atomic mass is 9.83. The van der Waals surface area contributed by atoms with Crippen molar-refractivity contribution in [1.29, 1.82) is 0 Å². The zero-order valence-corrected chi connectivity index (χ0v) is 73.7. The van der Waals surface area contributed by atoms with Crippen LogP contribution in [0.1, 0.15) is 132 Å². The first-order valence-electron chi connectivity index (χ1n) is 43.3. The Kier molecular flexibility index (Phi) is 36.5. The molecule has 27 heteroatoms. The normalized spacial score (nSPS) is 16.9. The van der Waals surface area contributed by atoms with Crippen LogP contribution in [0.15, 0.2) is 219 Å². The molecule has 0 radical (unpaired) electrons. The molecule has 1 unspecified atom stereocenters. The van der Waals surface area contributed by atoms with Crippen LogP contribution >= 0.6 is 0 Å². The van der Waals surface area contributed by atoms with Crippen molar-refractivity contribution in [3.63, 3.8) is 0 Å². The lowest BCUT2D eigenvalue weighted by Gasteiger charge is -2.41. The fourth-order valence-corrected chi connectivity index (χ4v) is 15.4. The van der Waals surface area contributed by atoms with Gasteiger partial charge in [0.05, 0.1) is 55.3 Å². The second-order valence-electron chi connectivity index (χ2n) is 33.7. The molecule has 3 atom stereocenters. The van der Waals surface area contributed by atoms with E-state index in [1.807, 2.05) is 93.6 Å². The van der Waals surface area contributed by atoms with Crippen LogP contribution in [0.25, 0.3) is 33.4 Å². The summed E-state index contributed by atoms with van der Waals surface area (Å²) >= 11 is 0. The van der Waals surface area contributed by atoms with Gasteiger partial charge in [-0.25, -0.2) is 0 Å². The molecule has 0 spiro atoms. The van der Waals surface area contributed by atoms with Crippen molar-refractivity contribution in [1.82, 2.24) is 44.4 Å². The summed E-state index contributed by atoms with van der Waals surface area (Å²) in [6.07, 6.45) is -1.36. The van der Waals surface area contributed by atoms with Crippen LogP contribution in [0.5, 0.6) is 0 Å². The van der Waals surface area contributed by atoms with Crippen LogP contribution in [0, 0.1) is 0 Å². The van der Waals surface area contributed by atoms with Crippen molar-refractivity contribution < 1.29 is 82.3 Å². The number of halogens is 9. The summed E-state index contributed by atoms with van der Waals surface area (Å²) in [5.41, 5.74) is 7.32. The van der Waals surface area contributed by atoms with Gasteiger partial charge in [-0.3, -0.25) is 58.7 Å². The second-order valence-corrected chi connectivity index (χ2v) is 33.7. The summed E-state index contributed by atoms with van der Waals surface area (Å²) in [5.74, 6) is -0.680. The van der Waals surface area contributed by atoms with Gasteiger partial charge in [0.1, 0.15) is 19.8 Å². The lowest BCUT2D eigenvalue weighted by Crippen LogP contribution is -2.53. The van der Waals surface area contributed by atoms with Crippen LogP contribution < -0.4 is 0 Å². The lowest BCUT2D eigenvalue weighted by molar-refractivity contribution is -0.180. The van der Waals surface area contributed by atoms with Gasteiger partial charge in [-0.2, -0.15) is 39.5 Å². The molecule has 3 aliphatic heterocycles. The number of hydrogen-bond acceptors (Lipinski definition) is 18. The maximum Gasteiger partial charge on any atom is 0.397 e. The third kappa shape index (κ3) is 29.1. The molecule has 0 saturated carbocycles. The molecule has 6 heterocycles. The standard InChI is InChI=1S/3C33H40F3N3O3/c3*1-4-41-19-20-42-31(40)21-30-24-38(17-18-39(30)23-26-13-15-37-16-14-26)22-25-5-7-27(8-6-25)28-9-11-29(12-10-28)32(2,3)33(34,35)36/h3*5-16,30H,4,17-24H2,1-3H3/t2*30-;/m10./s1. The molecular weight excluding hydrogens is 1630 g/mol. The van der Waals surface area contributed by atoms with E-state index in [1.165, 1.54) is 41.5 Å². The number of piperazine rings is 3. The molecule has 3 saturated heterocycles. The molecule has 0 aliphatic carbocycles. The van der Waals surface area contributed by atoms with Crippen molar-refractivity contribution in [3.8, 4) is 33.4 Å². The van der Waals surface area contributed by atoms with Gasteiger partial charge in [0.2, 0.25) is 0 Å². The Hall–Kier alpha value is -9.81. The van der Waals surface area contributed by atoms with Crippen molar-refractivity contribution in [2.24, 2.45) is 0 Å². The van der Waals surface area contributed by atoms with Gasteiger partial charge in [0.25, 0.3) is 0 Å². The molecule has 9 aromatic rings. The Bertz CT molecular complexity index is 4270. The van der Waals surface area contributed by atoms with Gasteiger partial charge in [-0.15, -0.1) is 0 Å². The average Bonchev–Trinajstić information content (AvgIpc) is 0.796. The fourth-order valence-electron chi connectivity index (χ4n) is 15.4. The number of alkyl halides is 9. The maximum atomic E-state index is 13.4. The molecule has 0 amide bonds. The van der Waals surface area contributed by atoms with E-state index < -0.39 is 34.8 Å². The number of benzene rings is 6. The predicted octanol–water partition coefficient (Wildman–Crippen LogP) is 18.7. The summed E-state index contributed by atoms with van der Waals surface area (Å²) in [6.45, 7) is 28.2. The molecule has 6 aromatic carbocycles. The highest BCUT2D eigenvalue weighted by Gasteiger charge is 2.50. The molecule has 0 bridgehead atoms. The van der Waals surface area contributed by atoms with Crippen LogP contribution in [0.3, 0.4) is 0 Å². The van der Waals surface area contributed by atoms with E-state index in [9.17, 15) is 53.9 Å².